The predicted octanol–water partition coefficient (Wildman–Crippen LogP) is 6.92. The normalized spacial score (nSPS) is 22.4. The zero-order valence-electron chi connectivity index (χ0n) is 24.4. The summed E-state index contributed by atoms with van der Waals surface area (Å²) in [5.74, 6) is 0.907. The maximum Gasteiger partial charge on any atom is 0.230 e. The molecule has 0 spiro atoms. The lowest BCUT2D eigenvalue weighted by Gasteiger charge is -2.26. The minimum Gasteiger partial charge on any atom is -0.341 e. The number of benzene rings is 3. The number of halogens is 2. The lowest BCUT2D eigenvalue weighted by molar-refractivity contribution is -0.133. The van der Waals surface area contributed by atoms with E-state index in [1.807, 2.05) is 61.5 Å². The van der Waals surface area contributed by atoms with E-state index >= 15 is 0 Å². The number of nitrogens with zero attached hydrogens (tertiary/aromatic N) is 3. The minimum atomic E-state index is -1.09. The number of carbonyl (C=O) groups is 1. The molecule has 2 aromatic heterocycles. The highest BCUT2D eigenvalue weighted by atomic mass is 19.1. The van der Waals surface area contributed by atoms with Crippen LogP contribution >= 0.6 is 0 Å². The Morgan fingerprint density at radius 1 is 0.773 bits per heavy atom. The SMILES string of the molecule is C[C@@H](C(=O)N1C[C@@H](F)C[C@H]1c1ncc(-c2ccc(-c3ccc(-c4cnc([C@@H]5C[C@H](F)CN5)[nH]4)cc3)cc2)[nH]1)c1ccccc1. The van der Waals surface area contributed by atoms with Crippen molar-refractivity contribution >= 4 is 5.91 Å². The van der Waals surface area contributed by atoms with E-state index in [1.54, 1.807) is 17.3 Å². The molecule has 2 fully saturated rings. The number of hydrogen-bond donors (Lipinski definition) is 3. The van der Waals surface area contributed by atoms with Gasteiger partial charge in [0.25, 0.3) is 0 Å². The lowest BCUT2D eigenvalue weighted by atomic mass is 9.99. The maximum absolute atomic E-state index is 14.6. The van der Waals surface area contributed by atoms with Crippen LogP contribution in [0.3, 0.4) is 0 Å². The molecule has 0 radical (unpaired) electrons. The van der Waals surface area contributed by atoms with Crippen molar-refractivity contribution in [1.29, 1.82) is 0 Å². The fraction of sp³-hybridized carbons (Fsp3) is 0.286. The number of hydrogen-bond acceptors (Lipinski definition) is 4. The molecule has 2 saturated heterocycles. The van der Waals surface area contributed by atoms with Gasteiger partial charge in [0.2, 0.25) is 5.91 Å². The van der Waals surface area contributed by atoms with E-state index in [9.17, 15) is 13.6 Å². The summed E-state index contributed by atoms with van der Waals surface area (Å²) in [6.45, 7) is 2.31. The second-order valence-electron chi connectivity index (χ2n) is 11.8. The van der Waals surface area contributed by atoms with Crippen LogP contribution in [0.15, 0.2) is 91.3 Å². The van der Waals surface area contributed by atoms with Gasteiger partial charge in [0.05, 0.1) is 48.3 Å². The zero-order valence-corrected chi connectivity index (χ0v) is 24.4. The van der Waals surface area contributed by atoms with Crippen LogP contribution < -0.4 is 5.32 Å². The first-order chi connectivity index (χ1) is 21.4. The minimum absolute atomic E-state index is 0.0724. The van der Waals surface area contributed by atoms with Crippen LogP contribution in [0.5, 0.6) is 0 Å². The van der Waals surface area contributed by atoms with Gasteiger partial charge < -0.3 is 20.2 Å². The number of amides is 1. The van der Waals surface area contributed by atoms with E-state index in [2.05, 4.69) is 49.5 Å². The first-order valence-corrected chi connectivity index (χ1v) is 15.1. The number of imidazole rings is 2. The Bertz CT molecular complexity index is 1730. The zero-order chi connectivity index (χ0) is 30.2. The Balaban J connectivity index is 1.04. The van der Waals surface area contributed by atoms with Gasteiger partial charge in [-0.25, -0.2) is 18.7 Å². The summed E-state index contributed by atoms with van der Waals surface area (Å²) in [4.78, 5) is 30.7. The third-order valence-corrected chi connectivity index (χ3v) is 8.84. The van der Waals surface area contributed by atoms with Gasteiger partial charge in [-0.3, -0.25) is 4.79 Å². The van der Waals surface area contributed by atoms with Crippen molar-refractivity contribution in [2.24, 2.45) is 0 Å². The van der Waals surface area contributed by atoms with E-state index < -0.39 is 18.4 Å². The largest absolute Gasteiger partial charge is 0.341 e. The van der Waals surface area contributed by atoms with Crippen LogP contribution in [0, 0.1) is 0 Å². The number of alkyl halides is 2. The second kappa shape index (κ2) is 11.8. The third-order valence-electron chi connectivity index (χ3n) is 8.84. The number of aromatic nitrogens is 4. The molecule has 9 heteroatoms. The van der Waals surface area contributed by atoms with Gasteiger partial charge in [0, 0.05) is 19.4 Å². The van der Waals surface area contributed by atoms with Gasteiger partial charge in [-0.2, -0.15) is 0 Å². The molecule has 4 heterocycles. The molecule has 2 aliphatic heterocycles. The summed E-state index contributed by atoms with van der Waals surface area (Å²) in [6.07, 6.45) is 2.29. The quantitative estimate of drug-likeness (QED) is 0.191. The number of likely N-dealkylation sites (tertiary alicyclic amines) is 1. The molecular weight excluding hydrogens is 558 g/mol. The molecular formula is C35H34F2N6O. The predicted molar refractivity (Wildman–Crippen MR) is 166 cm³/mol. The monoisotopic (exact) mass is 592 g/mol. The highest BCUT2D eigenvalue weighted by molar-refractivity contribution is 5.84. The molecule has 1 amide bonds. The Morgan fingerprint density at radius 3 is 1.93 bits per heavy atom. The number of nitrogens with one attached hydrogen (secondary N) is 3. The molecule has 0 aliphatic carbocycles. The Kier molecular flexibility index (Phi) is 7.56. The smallest absolute Gasteiger partial charge is 0.230 e. The number of aromatic amines is 2. The summed E-state index contributed by atoms with van der Waals surface area (Å²) < 4.78 is 28.2. The van der Waals surface area contributed by atoms with Crippen molar-refractivity contribution in [3.63, 3.8) is 0 Å². The summed E-state index contributed by atoms with van der Waals surface area (Å²) in [6, 6.07) is 25.5. The lowest BCUT2D eigenvalue weighted by Crippen LogP contribution is -2.35. The van der Waals surface area contributed by atoms with Gasteiger partial charge in [-0.05, 0) is 34.7 Å². The van der Waals surface area contributed by atoms with E-state index in [1.165, 1.54) is 0 Å². The Hall–Kier alpha value is -4.63. The van der Waals surface area contributed by atoms with Crippen molar-refractivity contribution in [3.05, 3.63) is 108 Å². The van der Waals surface area contributed by atoms with Gasteiger partial charge in [0.1, 0.15) is 24.0 Å². The Morgan fingerprint density at radius 2 is 1.34 bits per heavy atom. The summed E-state index contributed by atoms with van der Waals surface area (Å²) in [5.41, 5.74) is 6.74. The van der Waals surface area contributed by atoms with Crippen molar-refractivity contribution in [2.45, 2.75) is 50.1 Å². The van der Waals surface area contributed by atoms with Gasteiger partial charge in [0.15, 0.2) is 0 Å². The molecule has 0 bridgehead atoms. The first-order valence-electron chi connectivity index (χ1n) is 15.1. The van der Waals surface area contributed by atoms with E-state index in [0.29, 0.717) is 18.8 Å². The van der Waals surface area contributed by atoms with Crippen molar-refractivity contribution < 1.29 is 13.6 Å². The fourth-order valence-electron chi connectivity index (χ4n) is 6.32. The molecule has 44 heavy (non-hydrogen) atoms. The van der Waals surface area contributed by atoms with Crippen LogP contribution in [0.4, 0.5) is 8.78 Å². The van der Waals surface area contributed by atoms with Crippen LogP contribution in [0.2, 0.25) is 0 Å². The van der Waals surface area contributed by atoms with Crippen molar-refractivity contribution in [1.82, 2.24) is 30.2 Å². The van der Waals surface area contributed by atoms with Gasteiger partial charge >= 0.3 is 0 Å². The highest BCUT2D eigenvalue weighted by Gasteiger charge is 2.39. The first kappa shape index (κ1) is 28.2. The molecule has 5 aromatic rings. The molecule has 0 unspecified atom stereocenters. The van der Waals surface area contributed by atoms with Crippen LogP contribution in [0.1, 0.15) is 55.0 Å². The fourth-order valence-corrected chi connectivity index (χ4v) is 6.32. The molecule has 0 saturated carbocycles. The van der Waals surface area contributed by atoms with E-state index in [0.717, 1.165) is 45.0 Å². The summed E-state index contributed by atoms with van der Waals surface area (Å²) >= 11 is 0. The Labute approximate surface area is 254 Å². The van der Waals surface area contributed by atoms with Crippen LogP contribution in [-0.4, -0.2) is 56.2 Å². The van der Waals surface area contributed by atoms with Gasteiger partial charge in [-0.15, -0.1) is 0 Å². The topological polar surface area (TPSA) is 89.7 Å². The van der Waals surface area contributed by atoms with Crippen LogP contribution in [0.25, 0.3) is 33.6 Å². The number of carbonyl (C=O) groups excluding carboxylic acids is 1. The van der Waals surface area contributed by atoms with Crippen molar-refractivity contribution in [3.8, 4) is 33.6 Å². The third kappa shape index (κ3) is 5.55. The van der Waals surface area contributed by atoms with E-state index in [-0.39, 0.29) is 30.8 Å². The van der Waals surface area contributed by atoms with Crippen molar-refractivity contribution in [2.75, 3.05) is 13.1 Å². The molecule has 7 rings (SSSR count). The molecule has 2 aliphatic rings. The maximum atomic E-state index is 14.6. The van der Waals surface area contributed by atoms with E-state index in [4.69, 9.17) is 0 Å². The molecule has 224 valence electrons. The average Bonchev–Trinajstić information content (AvgIpc) is 3.88. The highest BCUT2D eigenvalue weighted by Crippen LogP contribution is 2.36. The summed E-state index contributed by atoms with van der Waals surface area (Å²) in [7, 11) is 0. The molecule has 7 nitrogen and oxygen atoms in total. The van der Waals surface area contributed by atoms with Crippen LogP contribution in [-0.2, 0) is 4.79 Å². The van der Waals surface area contributed by atoms with Gasteiger partial charge in [-0.1, -0.05) is 78.9 Å². The summed E-state index contributed by atoms with van der Waals surface area (Å²) in [5, 5.41) is 3.16. The molecule has 5 atom stereocenters. The molecule has 3 N–H and O–H groups in total. The average molecular weight is 593 g/mol. The number of rotatable bonds is 7. The second-order valence-corrected chi connectivity index (χ2v) is 11.8. The number of H-pyrrole nitrogens is 2. The molecule has 3 aromatic carbocycles. The standard InChI is InChI=1S/C35H34F2N6O/c1-21(22-5-3-2-4-6-22)35(44)43-20-28(37)16-32(43)34-40-19-31(42-34)26-13-9-24(10-14-26)23-7-11-25(12-8-23)30-18-39-33(41-30)29-15-27(36)17-38-29/h2-14,18-19,21,27-29,32,38H,15-17,20H2,1H3,(H,39,41)(H,40,42)/t21-,27+,28+,29+,32+/m1/s1.